The lowest BCUT2D eigenvalue weighted by atomic mass is 10.1. The van der Waals surface area contributed by atoms with Crippen LogP contribution in [0.1, 0.15) is 77.7 Å². The van der Waals surface area contributed by atoms with Gasteiger partial charge in [-0.15, -0.1) is 11.6 Å². The van der Waals surface area contributed by atoms with Gasteiger partial charge in [-0.1, -0.05) is 57.0 Å². The number of ketones is 1. The molecule has 0 aliphatic carbocycles. The summed E-state index contributed by atoms with van der Waals surface area (Å²) in [5.41, 5.74) is 4.27. The van der Waals surface area contributed by atoms with E-state index in [1.54, 1.807) is 54.5 Å². The number of urea groups is 1. The maximum absolute atomic E-state index is 13.0. The first-order chi connectivity index (χ1) is 31.8. The van der Waals surface area contributed by atoms with Crippen LogP contribution >= 0.6 is 67.9 Å². The van der Waals surface area contributed by atoms with E-state index in [2.05, 4.69) is 73.7 Å². The molecule has 0 radical (unpaired) electrons. The van der Waals surface area contributed by atoms with Crippen molar-refractivity contribution in [2.45, 2.75) is 83.2 Å². The molecule has 3 aromatic rings. The molecule has 4 amide bonds. The van der Waals surface area contributed by atoms with Crippen molar-refractivity contribution in [3.63, 3.8) is 0 Å². The van der Waals surface area contributed by atoms with Gasteiger partial charge in [-0.2, -0.15) is 26.3 Å². The number of hydrogen-bond acceptors (Lipinski definition) is 8. The number of anilines is 1. The molecule has 5 rings (SSSR count). The smallest absolute Gasteiger partial charge is 0.407 e. The Bertz CT molecular complexity index is 2460. The fraction of sp³-hybridized carbons (Fsp3) is 0.357. The van der Waals surface area contributed by atoms with Crippen LogP contribution in [0.2, 0.25) is 0 Å². The zero-order valence-corrected chi connectivity index (χ0v) is 43.1. The van der Waals surface area contributed by atoms with Gasteiger partial charge >= 0.3 is 24.4 Å². The van der Waals surface area contributed by atoms with Crippen LogP contribution in [-0.2, 0) is 31.5 Å². The highest BCUT2D eigenvalue weighted by atomic mass is 79.9. The second-order valence-electron chi connectivity index (χ2n) is 14.6. The molecule has 2 aliphatic heterocycles. The van der Waals surface area contributed by atoms with Crippen molar-refractivity contribution >= 4 is 125 Å². The minimum atomic E-state index is -4.68. The predicted molar refractivity (Wildman–Crippen MR) is 260 cm³/mol. The third-order valence-corrected chi connectivity index (χ3v) is 9.48. The van der Waals surface area contributed by atoms with Crippen molar-refractivity contribution in [1.29, 1.82) is 0 Å². The largest absolute Gasteiger partial charge is 0.468 e. The van der Waals surface area contributed by atoms with Gasteiger partial charge in [-0.25, -0.2) is 18.9 Å². The van der Waals surface area contributed by atoms with E-state index in [4.69, 9.17) is 55.3 Å². The van der Waals surface area contributed by atoms with E-state index in [0.717, 1.165) is 29.2 Å². The SMILES string of the molecule is CC1(C)NC(=S)NC1=O.CCC(=O)c1ccc(Br)cc1F.COC(=O)C(C)(C)Cl.NC(N)=O.[2H]CF.[C-]#[N+]c1ccc(Br)cc1C(F)(F)F.[C-]#[N+]c1ccc(N2C(=O)C(C)(C)NC2=S)cc1C(F)(F)F. The number of rotatable bonds is 4. The number of nitrogens with zero attached hydrogens (tertiary/aromatic N) is 3. The second kappa shape index (κ2) is 28.2. The molecule has 0 saturated carbocycles. The molecule has 0 bridgehead atoms. The Hall–Kier alpha value is -5.54. The fourth-order valence-electron chi connectivity index (χ4n) is 4.58. The van der Waals surface area contributed by atoms with E-state index in [1.807, 2.05) is 0 Å². The molecule has 0 atom stereocenters. The summed E-state index contributed by atoms with van der Waals surface area (Å²) < 4.78 is 109. The van der Waals surface area contributed by atoms with Crippen LogP contribution in [0.15, 0.2) is 63.5 Å². The van der Waals surface area contributed by atoms with Gasteiger partial charge in [0.15, 0.2) is 27.4 Å². The molecule has 2 saturated heterocycles. The molecular weight excluding hydrogens is 1120 g/mol. The monoisotopic (exact) mass is 1170 g/mol. The number of nitrogens with one attached hydrogen (secondary N) is 3. The van der Waals surface area contributed by atoms with Crippen molar-refractivity contribution in [2.75, 3.05) is 19.2 Å². The second-order valence-corrected chi connectivity index (χ2v) is 18.1. The normalized spacial score (nSPS) is 14.1. The number of carbonyl (C=O) groups excluding carboxylic acids is 5. The maximum atomic E-state index is 13.0. The highest BCUT2D eigenvalue weighted by molar-refractivity contribution is 9.10. The molecule has 2 fully saturated rings. The first kappa shape index (κ1) is 63.5. The molecule has 7 N–H and O–H groups in total. The van der Waals surface area contributed by atoms with Crippen molar-refractivity contribution in [3.8, 4) is 0 Å². The summed E-state index contributed by atoms with van der Waals surface area (Å²) in [4.78, 5) is 59.4. The number of Topliss-reactive ketones (excluding diaryl/α,β-unsaturated/α-hetero) is 1. The Labute approximate surface area is 426 Å². The summed E-state index contributed by atoms with van der Waals surface area (Å²) in [5.74, 6) is -1.54. The average molecular weight is 1170 g/mol. The van der Waals surface area contributed by atoms with Gasteiger partial charge in [0.25, 0.3) is 11.8 Å². The lowest BCUT2D eigenvalue weighted by molar-refractivity contribution is -0.143. The molecule has 0 aromatic heterocycles. The van der Waals surface area contributed by atoms with Crippen LogP contribution in [0, 0.1) is 19.0 Å². The molecule has 2 heterocycles. The zero-order chi connectivity index (χ0) is 55.3. The van der Waals surface area contributed by atoms with Crippen LogP contribution in [0.5, 0.6) is 0 Å². The number of nitrogens with two attached hydrogens (primary N) is 2. The number of ether oxygens (including phenoxy) is 1. The van der Waals surface area contributed by atoms with Crippen molar-refractivity contribution in [1.82, 2.24) is 16.0 Å². The lowest BCUT2D eigenvalue weighted by Crippen LogP contribution is -2.40. The van der Waals surface area contributed by atoms with Gasteiger partial charge in [-0.05, 0) is 102 Å². The predicted octanol–water partition coefficient (Wildman–Crippen LogP) is 11.0. The number of amides is 4. The first-order valence-electron chi connectivity index (χ1n) is 19.3. The summed E-state index contributed by atoms with van der Waals surface area (Å²) in [7, 11) is 0.312. The number of halogens is 11. The zero-order valence-electron chi connectivity index (χ0n) is 38.5. The van der Waals surface area contributed by atoms with Crippen molar-refractivity contribution in [3.05, 3.63) is 109 Å². The number of methoxy groups -OCH3 is 1. The number of carbonyl (C=O) groups is 5. The van der Waals surface area contributed by atoms with Gasteiger partial charge in [-0.3, -0.25) is 28.5 Å². The van der Waals surface area contributed by atoms with E-state index < -0.39 is 76.0 Å². The minimum Gasteiger partial charge on any atom is -0.468 e. The van der Waals surface area contributed by atoms with Crippen molar-refractivity contribution < 1.29 is 65.2 Å². The third-order valence-electron chi connectivity index (χ3n) is 7.85. The van der Waals surface area contributed by atoms with Crippen LogP contribution in [0.4, 0.5) is 57.0 Å². The van der Waals surface area contributed by atoms with Crippen LogP contribution in [0.25, 0.3) is 9.69 Å². The molecule has 378 valence electrons. The van der Waals surface area contributed by atoms with E-state index in [-0.39, 0.29) is 33.7 Å². The average Bonchev–Trinajstić information content (AvgIpc) is 3.60. The number of primary amides is 2. The summed E-state index contributed by atoms with van der Waals surface area (Å²) in [6, 6.07) is 10.1. The number of thiocarbonyl (C=S) groups is 2. The number of esters is 1. The maximum Gasteiger partial charge on any atom is 0.407 e. The molecule has 0 unspecified atom stereocenters. The Kier molecular flexibility index (Phi) is 25.9. The van der Waals surface area contributed by atoms with E-state index >= 15 is 0 Å². The molecule has 2 aliphatic rings. The Balaban J connectivity index is 0. The third kappa shape index (κ3) is 22.2. The Morgan fingerprint density at radius 3 is 1.59 bits per heavy atom. The van der Waals surface area contributed by atoms with Gasteiger partial charge in [0, 0.05) is 21.1 Å². The van der Waals surface area contributed by atoms with Crippen LogP contribution in [0.3, 0.4) is 0 Å². The van der Waals surface area contributed by atoms with E-state index in [0.29, 0.717) is 20.5 Å². The molecule has 69 heavy (non-hydrogen) atoms. The molecular formula is C42H45Br2ClF8N8O6S2. The quantitative estimate of drug-likeness (QED) is 0.0419. The van der Waals surface area contributed by atoms with Gasteiger partial charge < -0.3 is 32.2 Å². The van der Waals surface area contributed by atoms with E-state index in [9.17, 15) is 54.3 Å². The molecule has 3 aromatic carbocycles. The van der Waals surface area contributed by atoms with Gasteiger partial charge in [0.1, 0.15) is 21.8 Å². The topological polar surface area (TPSA) is 195 Å². The van der Waals surface area contributed by atoms with Gasteiger partial charge in [0.2, 0.25) is 0 Å². The number of alkyl halides is 8. The minimum absolute atomic E-state index is 0.0113. The Morgan fingerprint density at radius 2 is 1.29 bits per heavy atom. The van der Waals surface area contributed by atoms with Crippen LogP contribution in [-0.4, -0.2) is 70.0 Å². The highest BCUT2D eigenvalue weighted by Crippen LogP contribution is 2.40. The molecule has 14 nitrogen and oxygen atoms in total. The lowest BCUT2D eigenvalue weighted by Gasteiger charge is -2.19. The Morgan fingerprint density at radius 1 is 0.855 bits per heavy atom. The number of benzene rings is 3. The van der Waals surface area contributed by atoms with Crippen molar-refractivity contribution in [2.24, 2.45) is 11.5 Å². The summed E-state index contributed by atoms with van der Waals surface area (Å²) in [5, 5.41) is 8.50. The summed E-state index contributed by atoms with van der Waals surface area (Å²) in [6.45, 7) is 24.9. The molecule has 0 spiro atoms. The standard InChI is InChI=1S/C13H10F3N3OS.C9H8BrFO.C8H3BrF3N.C5H9ClO2.C5H8N2OS.CH3F.CH4N2O/c1-12(2)10(20)19(11(21)18-12)7-4-5-9(17-3)8(6-7)13(14,15)16;1-2-9(12)7-4-3-6(10)5-8(7)11;1-13-7-3-2-5(9)4-6(7)8(10,11)12;1-5(2,6)4(7)8-3;1-5(2)3(8)6-4(9)7-5;1-2;2-1(3)4/h4-6H,1-2H3,(H,18,21);3-5H,2H2,1H3;2-4H;1-3H3;1-2H3,(H2,6,7,8,9);1H3;(H4,2,3,4)/i;;;;;1D;. The molecule has 27 heteroatoms. The van der Waals surface area contributed by atoms with Crippen LogP contribution < -0.4 is 32.3 Å². The fourth-order valence-corrected chi connectivity index (χ4v) is 6.15. The number of hydrogen-bond donors (Lipinski definition) is 5. The first-order valence-corrected chi connectivity index (χ1v) is 21.4. The summed E-state index contributed by atoms with van der Waals surface area (Å²) >= 11 is 21.2. The highest BCUT2D eigenvalue weighted by Gasteiger charge is 2.44. The van der Waals surface area contributed by atoms with Gasteiger partial charge in [0.05, 0.1) is 45.5 Å². The van der Waals surface area contributed by atoms with E-state index in [1.165, 1.54) is 31.4 Å². The summed E-state index contributed by atoms with van der Waals surface area (Å²) in [6.07, 6.45) is -8.81.